The van der Waals surface area contributed by atoms with Crippen molar-refractivity contribution in [2.75, 3.05) is 14.2 Å². The number of hydrogen-bond donors (Lipinski definition) is 1. The fourth-order valence-electron chi connectivity index (χ4n) is 2.50. The summed E-state index contributed by atoms with van der Waals surface area (Å²) in [5.41, 5.74) is 1.20. The summed E-state index contributed by atoms with van der Waals surface area (Å²) in [6.45, 7) is 3.95. The van der Waals surface area contributed by atoms with Crippen LogP contribution in [-0.2, 0) is 6.42 Å². The second-order valence-corrected chi connectivity index (χ2v) is 6.03. The molecule has 1 rings (SSSR count). The second-order valence-electron chi connectivity index (χ2n) is 5.09. The molecule has 0 aromatic heterocycles. The van der Waals surface area contributed by atoms with Gasteiger partial charge in [0.2, 0.25) is 0 Å². The van der Waals surface area contributed by atoms with Gasteiger partial charge in [0.1, 0.15) is 0 Å². The SMILES string of the molecule is CC=CC(C=CC)(CCCc1ccc(OC)c(OC)c1)SO. The Hall–Kier alpha value is -1.39. The fourth-order valence-corrected chi connectivity index (χ4v) is 3.13. The molecule has 0 aliphatic heterocycles. The van der Waals surface area contributed by atoms with Gasteiger partial charge in [-0.25, -0.2) is 0 Å². The predicted molar refractivity (Wildman–Crippen MR) is 95.1 cm³/mol. The molecular weight excluding hydrogens is 296 g/mol. The molecule has 1 N–H and O–H groups in total. The number of benzene rings is 1. The minimum atomic E-state index is -0.333. The van der Waals surface area contributed by atoms with Gasteiger partial charge in [-0.15, -0.1) is 0 Å². The lowest BCUT2D eigenvalue weighted by Crippen LogP contribution is -2.18. The molecule has 0 spiro atoms. The molecule has 0 aliphatic carbocycles. The van der Waals surface area contributed by atoms with Gasteiger partial charge in [0.25, 0.3) is 0 Å². The van der Waals surface area contributed by atoms with E-state index in [-0.39, 0.29) is 4.75 Å². The molecule has 0 atom stereocenters. The van der Waals surface area contributed by atoms with E-state index in [9.17, 15) is 4.55 Å². The second kappa shape index (κ2) is 9.59. The average molecular weight is 322 g/mol. The molecule has 0 unspecified atom stereocenters. The van der Waals surface area contributed by atoms with E-state index in [4.69, 9.17) is 9.47 Å². The molecule has 0 heterocycles. The third kappa shape index (κ3) is 5.11. The third-order valence-corrected chi connectivity index (χ3v) is 4.36. The lowest BCUT2D eigenvalue weighted by atomic mass is 9.97. The van der Waals surface area contributed by atoms with Gasteiger partial charge in [-0.3, -0.25) is 0 Å². The van der Waals surface area contributed by atoms with Crippen molar-refractivity contribution < 1.29 is 14.0 Å². The first kappa shape index (κ1) is 18.7. The quantitative estimate of drug-likeness (QED) is 0.505. The molecule has 3 nitrogen and oxygen atoms in total. The van der Waals surface area contributed by atoms with Gasteiger partial charge in [-0.2, -0.15) is 0 Å². The zero-order valence-corrected chi connectivity index (χ0v) is 14.7. The zero-order valence-electron chi connectivity index (χ0n) is 13.8. The van der Waals surface area contributed by atoms with Gasteiger partial charge >= 0.3 is 0 Å². The van der Waals surface area contributed by atoms with Crippen LogP contribution in [0.2, 0.25) is 0 Å². The Morgan fingerprint density at radius 3 is 2.23 bits per heavy atom. The highest BCUT2D eigenvalue weighted by atomic mass is 32.2. The Kier molecular flexibility index (Phi) is 8.13. The lowest BCUT2D eigenvalue weighted by Gasteiger charge is -2.23. The minimum Gasteiger partial charge on any atom is -0.493 e. The summed E-state index contributed by atoms with van der Waals surface area (Å²) in [7, 11) is 3.28. The van der Waals surface area contributed by atoms with Crippen molar-refractivity contribution in [2.24, 2.45) is 0 Å². The van der Waals surface area contributed by atoms with E-state index in [1.54, 1.807) is 14.2 Å². The number of rotatable bonds is 9. The molecule has 0 radical (unpaired) electrons. The first-order valence-electron chi connectivity index (χ1n) is 7.46. The van der Waals surface area contributed by atoms with Crippen LogP contribution in [0.4, 0.5) is 0 Å². The molecule has 0 saturated heterocycles. The first-order valence-corrected chi connectivity index (χ1v) is 8.23. The molecule has 0 saturated carbocycles. The average Bonchev–Trinajstić information content (AvgIpc) is 2.55. The van der Waals surface area contributed by atoms with Gasteiger partial charge in [-0.05, 0) is 50.8 Å². The summed E-state index contributed by atoms with van der Waals surface area (Å²) < 4.78 is 19.9. The van der Waals surface area contributed by atoms with Crippen LogP contribution in [0.3, 0.4) is 0 Å². The Morgan fingerprint density at radius 2 is 1.73 bits per heavy atom. The molecule has 22 heavy (non-hydrogen) atoms. The Balaban J connectivity index is 2.73. The standard InChI is InChI=1S/C18H26O3S/c1-5-11-18(22-19,12-6-2)13-7-8-15-9-10-16(20-3)17(14-15)21-4/h5-6,9-12,14,19H,7-8,13H2,1-4H3. The molecular formula is C18H26O3S. The van der Waals surface area contributed by atoms with Crippen molar-refractivity contribution in [3.8, 4) is 11.5 Å². The van der Waals surface area contributed by atoms with Crippen LogP contribution in [0.5, 0.6) is 11.5 Å². The maximum atomic E-state index is 9.66. The van der Waals surface area contributed by atoms with Gasteiger partial charge in [0.05, 0.1) is 19.0 Å². The van der Waals surface area contributed by atoms with Crippen molar-refractivity contribution >= 4 is 12.0 Å². The van der Waals surface area contributed by atoms with E-state index in [0.717, 1.165) is 42.8 Å². The fraction of sp³-hybridized carbons (Fsp3) is 0.444. The minimum absolute atomic E-state index is 0.333. The molecule has 1 aromatic carbocycles. The Labute approximate surface area is 138 Å². The van der Waals surface area contributed by atoms with Crippen LogP contribution in [0.1, 0.15) is 32.3 Å². The zero-order chi connectivity index (χ0) is 16.4. The van der Waals surface area contributed by atoms with Crippen LogP contribution in [0.25, 0.3) is 0 Å². The van der Waals surface area contributed by atoms with Crippen molar-refractivity contribution in [3.63, 3.8) is 0 Å². The summed E-state index contributed by atoms with van der Waals surface area (Å²) in [5.74, 6) is 1.50. The van der Waals surface area contributed by atoms with Crippen molar-refractivity contribution in [1.82, 2.24) is 0 Å². The van der Waals surface area contributed by atoms with E-state index >= 15 is 0 Å². The highest BCUT2D eigenvalue weighted by Gasteiger charge is 2.23. The largest absolute Gasteiger partial charge is 0.493 e. The van der Waals surface area contributed by atoms with Crippen LogP contribution in [-0.4, -0.2) is 23.5 Å². The summed E-state index contributed by atoms with van der Waals surface area (Å²) in [4.78, 5) is 0. The maximum Gasteiger partial charge on any atom is 0.160 e. The molecule has 0 bridgehead atoms. The molecule has 1 aromatic rings. The van der Waals surface area contributed by atoms with Gasteiger partial charge in [0.15, 0.2) is 11.5 Å². The van der Waals surface area contributed by atoms with Crippen molar-refractivity contribution in [3.05, 3.63) is 48.1 Å². The van der Waals surface area contributed by atoms with E-state index in [0.29, 0.717) is 0 Å². The lowest BCUT2D eigenvalue weighted by molar-refractivity contribution is 0.354. The number of hydrogen-bond acceptors (Lipinski definition) is 4. The number of allylic oxidation sites excluding steroid dienone is 2. The summed E-state index contributed by atoms with van der Waals surface area (Å²) in [6.07, 6.45) is 10.8. The summed E-state index contributed by atoms with van der Waals surface area (Å²) in [6, 6.07) is 6.00. The predicted octanol–water partition coefficient (Wildman–Crippen LogP) is 5.12. The highest BCUT2D eigenvalue weighted by Crippen LogP contribution is 2.33. The maximum absolute atomic E-state index is 9.66. The van der Waals surface area contributed by atoms with Crippen LogP contribution in [0, 0.1) is 0 Å². The molecule has 0 amide bonds. The monoisotopic (exact) mass is 322 g/mol. The first-order chi connectivity index (χ1) is 10.6. The normalized spacial score (nSPS) is 14.4. The van der Waals surface area contributed by atoms with Crippen LogP contribution in [0.15, 0.2) is 42.5 Å². The highest BCUT2D eigenvalue weighted by molar-refractivity contribution is 7.95. The Bertz CT molecular complexity index is 497. The van der Waals surface area contributed by atoms with E-state index < -0.39 is 0 Å². The molecule has 4 heteroatoms. The number of aryl methyl sites for hydroxylation is 1. The topological polar surface area (TPSA) is 38.7 Å². The van der Waals surface area contributed by atoms with E-state index in [1.807, 2.05) is 50.3 Å². The summed E-state index contributed by atoms with van der Waals surface area (Å²) >= 11 is 0.897. The van der Waals surface area contributed by atoms with E-state index in [2.05, 4.69) is 6.07 Å². The Morgan fingerprint density at radius 1 is 1.09 bits per heavy atom. The smallest absolute Gasteiger partial charge is 0.160 e. The van der Waals surface area contributed by atoms with Crippen molar-refractivity contribution in [1.29, 1.82) is 0 Å². The number of ether oxygens (including phenoxy) is 2. The third-order valence-electron chi connectivity index (χ3n) is 3.55. The van der Waals surface area contributed by atoms with Gasteiger partial charge < -0.3 is 14.0 Å². The van der Waals surface area contributed by atoms with Crippen LogP contribution < -0.4 is 9.47 Å². The molecule has 0 fully saturated rings. The number of methoxy groups -OCH3 is 2. The molecule has 0 aliphatic rings. The molecule has 122 valence electrons. The van der Waals surface area contributed by atoms with Gasteiger partial charge in [0, 0.05) is 12.0 Å². The van der Waals surface area contributed by atoms with Crippen molar-refractivity contribution in [2.45, 2.75) is 37.9 Å². The van der Waals surface area contributed by atoms with E-state index in [1.165, 1.54) is 5.56 Å². The summed E-state index contributed by atoms with van der Waals surface area (Å²) in [5, 5.41) is 0. The van der Waals surface area contributed by atoms with Gasteiger partial charge in [-0.1, -0.05) is 30.4 Å². The van der Waals surface area contributed by atoms with Crippen LogP contribution >= 0.6 is 12.0 Å².